The Bertz CT molecular complexity index is 701. The number of rotatable bonds is 5. The molecule has 0 aromatic heterocycles. The first-order valence-electron chi connectivity index (χ1n) is 7.32. The van der Waals surface area contributed by atoms with Gasteiger partial charge in [0.1, 0.15) is 0 Å². The normalized spacial score (nSPS) is 18.6. The maximum atomic E-state index is 12.5. The van der Waals surface area contributed by atoms with Crippen molar-refractivity contribution >= 4 is 60.0 Å². The lowest BCUT2D eigenvalue weighted by Gasteiger charge is -2.17. The average molecular weight is 372 g/mol. The van der Waals surface area contributed by atoms with Crippen LogP contribution in [0.4, 0.5) is 0 Å². The minimum Gasteiger partial charge on any atom is -0.402 e. The molecule has 4 nitrogen and oxygen atoms in total. The molecule has 0 amide bonds. The quantitative estimate of drug-likeness (QED) is 0.383. The van der Waals surface area contributed by atoms with Crippen LogP contribution in [0, 0.1) is 0 Å². The van der Waals surface area contributed by atoms with Gasteiger partial charge in [-0.2, -0.15) is 0 Å². The minimum atomic E-state index is -5.16. The Labute approximate surface area is 139 Å². The standard InChI is InChI=1S/C10H9Cl4O4P/c1-16-19(15,17-2)18-10(5-11)6-3-8(13)9(14)4-7(6)12/h3-5H,1-2H3/b10-5-/i1D3,2D3. The van der Waals surface area contributed by atoms with Crippen molar-refractivity contribution in [1.29, 1.82) is 0 Å². The van der Waals surface area contributed by atoms with E-state index in [0.29, 0.717) is 5.54 Å². The van der Waals surface area contributed by atoms with Crippen molar-refractivity contribution in [2.24, 2.45) is 0 Å². The lowest BCUT2D eigenvalue weighted by molar-refractivity contribution is 0.201. The number of hydrogen-bond donors (Lipinski definition) is 0. The molecule has 0 spiro atoms. The smallest absolute Gasteiger partial charge is 0.402 e. The molecule has 0 atom stereocenters. The Morgan fingerprint density at radius 3 is 2.32 bits per heavy atom. The van der Waals surface area contributed by atoms with Crippen LogP contribution in [0.2, 0.25) is 15.1 Å². The van der Waals surface area contributed by atoms with E-state index in [1.54, 1.807) is 0 Å². The summed E-state index contributed by atoms with van der Waals surface area (Å²) < 4.78 is 67.6. The lowest BCUT2D eigenvalue weighted by atomic mass is 10.2. The highest BCUT2D eigenvalue weighted by Crippen LogP contribution is 2.52. The molecule has 0 aliphatic rings. The molecule has 0 saturated heterocycles. The molecule has 1 aromatic carbocycles. The fourth-order valence-electron chi connectivity index (χ4n) is 1.02. The van der Waals surface area contributed by atoms with E-state index in [4.69, 9.17) is 59.2 Å². The molecule has 0 saturated carbocycles. The summed E-state index contributed by atoms with van der Waals surface area (Å²) in [6, 6.07) is 2.39. The zero-order chi connectivity index (χ0) is 19.6. The van der Waals surface area contributed by atoms with Gasteiger partial charge in [-0.3, -0.25) is 9.05 Å². The van der Waals surface area contributed by atoms with Crippen LogP contribution in [0.5, 0.6) is 0 Å². The van der Waals surface area contributed by atoms with Crippen molar-refractivity contribution in [1.82, 2.24) is 0 Å². The second-order valence-corrected chi connectivity index (χ2v) is 5.82. The Kier molecular flexibility index (Phi) is 3.75. The first-order chi connectivity index (χ1) is 11.2. The summed E-state index contributed by atoms with van der Waals surface area (Å²) >= 11 is 23.2. The van der Waals surface area contributed by atoms with E-state index in [-0.39, 0.29) is 20.6 Å². The molecule has 0 aliphatic heterocycles. The summed E-state index contributed by atoms with van der Waals surface area (Å²) in [5, 5.41) is 0.0459. The van der Waals surface area contributed by atoms with Crippen LogP contribution in [0.25, 0.3) is 5.76 Å². The fraction of sp³-hybridized carbons (Fsp3) is 0.200. The Hall–Kier alpha value is 0.0700. The van der Waals surface area contributed by atoms with Gasteiger partial charge in [0, 0.05) is 25.2 Å². The highest BCUT2D eigenvalue weighted by molar-refractivity contribution is 7.48. The third-order valence-corrected chi connectivity index (χ3v) is 3.91. The first kappa shape index (κ1) is 9.91. The first-order valence-corrected chi connectivity index (χ1v) is 7.35. The van der Waals surface area contributed by atoms with Crippen molar-refractivity contribution in [3.8, 4) is 0 Å². The molecular formula is C10H9Cl4O4P. The van der Waals surface area contributed by atoms with Crippen LogP contribution >= 0.6 is 54.2 Å². The second-order valence-electron chi connectivity index (χ2n) is 2.94. The zero-order valence-corrected chi connectivity index (χ0v) is 12.7. The van der Waals surface area contributed by atoms with Gasteiger partial charge in [0.15, 0.2) is 5.76 Å². The van der Waals surface area contributed by atoms with Gasteiger partial charge in [0.2, 0.25) is 0 Å². The number of phosphoric acid groups is 1. The lowest BCUT2D eigenvalue weighted by Crippen LogP contribution is -1.96. The average Bonchev–Trinajstić information content (AvgIpc) is 2.36. The zero-order valence-electron chi connectivity index (χ0n) is 14.8. The molecule has 0 fully saturated rings. The SMILES string of the molecule is [2H]C([2H])([2H])OP(=O)(O/C(=C\Cl)c1cc(Cl)c(Cl)cc1Cl)OC([2H])([2H])[2H]. The van der Waals surface area contributed by atoms with Gasteiger partial charge in [-0.05, 0) is 12.1 Å². The largest absolute Gasteiger partial charge is 0.529 e. The fourth-order valence-corrected chi connectivity index (χ4v) is 2.38. The van der Waals surface area contributed by atoms with E-state index in [1.165, 1.54) is 12.1 Å². The molecule has 0 aliphatic carbocycles. The molecule has 1 aromatic rings. The van der Waals surface area contributed by atoms with Crippen molar-refractivity contribution in [2.45, 2.75) is 0 Å². The number of halogens is 4. The monoisotopic (exact) mass is 370 g/mol. The summed E-state index contributed by atoms with van der Waals surface area (Å²) in [6.07, 6.45) is 0. The van der Waals surface area contributed by atoms with Gasteiger partial charge >= 0.3 is 7.82 Å². The predicted molar refractivity (Wildman–Crippen MR) is 78.0 cm³/mol. The van der Waals surface area contributed by atoms with E-state index in [2.05, 4.69) is 9.05 Å². The molecule has 0 heterocycles. The number of phosphoric ester groups is 1. The van der Waals surface area contributed by atoms with Gasteiger partial charge in [0.25, 0.3) is 0 Å². The molecule has 1 rings (SSSR count). The maximum Gasteiger partial charge on any atom is 0.529 e. The molecular weight excluding hydrogens is 357 g/mol. The Morgan fingerprint density at radius 1 is 1.21 bits per heavy atom. The van der Waals surface area contributed by atoms with Crippen LogP contribution in [-0.2, 0) is 18.1 Å². The summed E-state index contributed by atoms with van der Waals surface area (Å²) in [5.74, 6) is -0.512. The van der Waals surface area contributed by atoms with Crippen molar-refractivity contribution in [3.63, 3.8) is 0 Å². The molecule has 19 heavy (non-hydrogen) atoms. The van der Waals surface area contributed by atoms with Crippen LogP contribution in [0.1, 0.15) is 13.8 Å². The summed E-state index contributed by atoms with van der Waals surface area (Å²) in [6.45, 7) is 0. The van der Waals surface area contributed by atoms with Crippen LogP contribution in [0.3, 0.4) is 0 Å². The second kappa shape index (κ2) is 7.19. The molecule has 0 N–H and O–H groups in total. The molecule has 0 bridgehead atoms. The van der Waals surface area contributed by atoms with Gasteiger partial charge in [-0.25, -0.2) is 4.57 Å². The molecule has 106 valence electrons. The number of hydrogen-bond acceptors (Lipinski definition) is 4. The minimum absolute atomic E-state index is 0.0176. The highest BCUT2D eigenvalue weighted by Gasteiger charge is 2.27. The summed E-state index contributed by atoms with van der Waals surface area (Å²) in [5.41, 5.74) is 0.652. The van der Waals surface area contributed by atoms with Crippen molar-refractivity contribution in [2.75, 3.05) is 14.1 Å². The third kappa shape index (κ3) is 4.27. The predicted octanol–water partition coefficient (Wildman–Crippen LogP) is 5.60. The highest BCUT2D eigenvalue weighted by atomic mass is 35.5. The maximum absolute atomic E-state index is 12.5. The van der Waals surface area contributed by atoms with E-state index in [1.807, 2.05) is 0 Å². The van der Waals surface area contributed by atoms with Crippen LogP contribution in [0.15, 0.2) is 17.7 Å². The van der Waals surface area contributed by atoms with Gasteiger partial charge in [-0.1, -0.05) is 46.4 Å². The van der Waals surface area contributed by atoms with Crippen molar-refractivity contribution in [3.05, 3.63) is 38.3 Å². The molecule has 0 unspecified atom stereocenters. The van der Waals surface area contributed by atoms with Crippen LogP contribution in [-0.4, -0.2) is 14.1 Å². The van der Waals surface area contributed by atoms with Crippen LogP contribution < -0.4 is 0 Å². The van der Waals surface area contributed by atoms with Gasteiger partial charge in [-0.15, -0.1) is 0 Å². The molecule has 0 radical (unpaired) electrons. The van der Waals surface area contributed by atoms with E-state index >= 15 is 0 Å². The topological polar surface area (TPSA) is 44.8 Å². The van der Waals surface area contributed by atoms with E-state index in [0.717, 1.165) is 0 Å². The van der Waals surface area contributed by atoms with Gasteiger partial charge < -0.3 is 4.52 Å². The number of benzene rings is 1. The van der Waals surface area contributed by atoms with E-state index < -0.39 is 27.7 Å². The molecule has 9 heteroatoms. The Balaban J connectivity index is 3.30. The summed E-state index contributed by atoms with van der Waals surface area (Å²) in [4.78, 5) is 0. The third-order valence-electron chi connectivity index (χ3n) is 1.81. The van der Waals surface area contributed by atoms with Gasteiger partial charge in [0.05, 0.1) is 23.3 Å². The van der Waals surface area contributed by atoms with Crippen molar-refractivity contribution < 1.29 is 26.4 Å². The summed E-state index contributed by atoms with van der Waals surface area (Å²) in [7, 11) is -11.7. The Morgan fingerprint density at radius 2 is 1.79 bits per heavy atom. The van der Waals surface area contributed by atoms with E-state index in [9.17, 15) is 4.57 Å².